The van der Waals surface area contributed by atoms with Crippen LogP contribution in [0.4, 0.5) is 0 Å². The molecule has 2 unspecified atom stereocenters. The monoisotopic (exact) mass is 250 g/mol. The Morgan fingerprint density at radius 2 is 2.17 bits per heavy atom. The maximum atomic E-state index is 11.7. The molecule has 18 heavy (non-hydrogen) atoms. The van der Waals surface area contributed by atoms with E-state index in [9.17, 15) is 15.0 Å². The molecular formula is C13H18N2O3. The summed E-state index contributed by atoms with van der Waals surface area (Å²) in [4.78, 5) is 11.7. The molecule has 2 atom stereocenters. The predicted octanol–water partition coefficient (Wildman–Crippen LogP) is -0.000000000000000167. The highest BCUT2D eigenvalue weighted by atomic mass is 16.5. The van der Waals surface area contributed by atoms with Crippen molar-refractivity contribution in [2.45, 2.75) is 25.2 Å². The molecular weight excluding hydrogens is 232 g/mol. The topological polar surface area (TPSA) is 74.5 Å². The Morgan fingerprint density at radius 1 is 1.44 bits per heavy atom. The van der Waals surface area contributed by atoms with Crippen molar-refractivity contribution in [2.24, 2.45) is 7.05 Å². The van der Waals surface area contributed by atoms with Crippen LogP contribution < -0.4 is 10.9 Å². The lowest BCUT2D eigenvalue weighted by Crippen LogP contribution is -2.33. The molecule has 0 amide bonds. The second-order valence-corrected chi connectivity index (χ2v) is 4.71. The molecule has 3 N–H and O–H groups in total. The summed E-state index contributed by atoms with van der Waals surface area (Å²) in [5, 5.41) is 21.7. The number of aryl methyl sites for hydroxylation is 1. The zero-order valence-corrected chi connectivity index (χ0v) is 10.5. The number of rotatable bonds is 2. The van der Waals surface area contributed by atoms with Crippen molar-refractivity contribution >= 4 is 0 Å². The Balaban J connectivity index is 2.40. The van der Waals surface area contributed by atoms with E-state index in [0.29, 0.717) is 6.04 Å². The lowest BCUT2D eigenvalue weighted by atomic mass is 9.95. The Kier molecular flexibility index (Phi) is 3.65. The highest BCUT2D eigenvalue weighted by Gasteiger charge is 2.18. The number of aliphatic hydroxyl groups is 2. The van der Waals surface area contributed by atoms with Crippen LogP contribution in [0.5, 0.6) is 0 Å². The van der Waals surface area contributed by atoms with E-state index in [4.69, 9.17) is 0 Å². The van der Waals surface area contributed by atoms with Gasteiger partial charge in [0.15, 0.2) is 6.29 Å². The molecule has 0 fully saturated rings. The van der Waals surface area contributed by atoms with Gasteiger partial charge in [-0.3, -0.25) is 4.79 Å². The predicted molar refractivity (Wildman–Crippen MR) is 68.2 cm³/mol. The molecule has 5 heteroatoms. The summed E-state index contributed by atoms with van der Waals surface area (Å²) in [5.41, 5.74) is 0.535. The minimum absolute atomic E-state index is 0.0158. The molecule has 0 bridgehead atoms. The van der Waals surface area contributed by atoms with Gasteiger partial charge < -0.3 is 20.1 Å². The third-order valence-electron chi connectivity index (χ3n) is 3.23. The van der Waals surface area contributed by atoms with E-state index in [-0.39, 0.29) is 17.0 Å². The highest BCUT2D eigenvalue weighted by molar-refractivity contribution is 5.28. The van der Waals surface area contributed by atoms with Gasteiger partial charge in [-0.25, -0.2) is 0 Å². The molecule has 1 aliphatic heterocycles. The van der Waals surface area contributed by atoms with Crippen LogP contribution >= 0.6 is 0 Å². The molecule has 1 aliphatic rings. The Hall–Kier alpha value is -1.43. The molecule has 0 saturated heterocycles. The van der Waals surface area contributed by atoms with Gasteiger partial charge in [0.2, 0.25) is 0 Å². The molecule has 0 aromatic carbocycles. The Labute approximate surface area is 105 Å². The SMILES string of the molecule is CC1C=CC(c2cc(C(O)O)c(=O)n(C)c2)CN1. The number of hydrogen-bond acceptors (Lipinski definition) is 4. The van der Waals surface area contributed by atoms with Crippen molar-refractivity contribution in [1.29, 1.82) is 0 Å². The summed E-state index contributed by atoms with van der Waals surface area (Å²) in [6, 6.07) is 1.91. The first-order valence-corrected chi connectivity index (χ1v) is 5.97. The summed E-state index contributed by atoms with van der Waals surface area (Å²) < 4.78 is 1.38. The van der Waals surface area contributed by atoms with Crippen molar-refractivity contribution in [3.8, 4) is 0 Å². The Morgan fingerprint density at radius 3 is 2.72 bits per heavy atom. The average molecular weight is 250 g/mol. The second kappa shape index (κ2) is 5.06. The van der Waals surface area contributed by atoms with Crippen LogP contribution in [0, 0.1) is 0 Å². The summed E-state index contributed by atoms with van der Waals surface area (Å²) in [5.74, 6) is 0.144. The van der Waals surface area contributed by atoms with Gasteiger partial charge in [-0.2, -0.15) is 0 Å². The molecule has 2 rings (SSSR count). The fraction of sp³-hybridized carbons (Fsp3) is 0.462. The molecule has 2 heterocycles. The van der Waals surface area contributed by atoms with Crippen LogP contribution in [-0.4, -0.2) is 27.4 Å². The van der Waals surface area contributed by atoms with Crippen molar-refractivity contribution in [1.82, 2.24) is 9.88 Å². The van der Waals surface area contributed by atoms with E-state index in [1.165, 1.54) is 4.57 Å². The van der Waals surface area contributed by atoms with Crippen LogP contribution in [0.1, 0.15) is 30.3 Å². The number of nitrogens with one attached hydrogen (secondary N) is 1. The fourth-order valence-corrected chi connectivity index (χ4v) is 2.13. The van der Waals surface area contributed by atoms with Crippen molar-refractivity contribution in [2.75, 3.05) is 6.54 Å². The summed E-state index contributed by atoms with van der Waals surface area (Å²) in [6.07, 6.45) is 4.15. The fourth-order valence-electron chi connectivity index (χ4n) is 2.13. The van der Waals surface area contributed by atoms with E-state index >= 15 is 0 Å². The van der Waals surface area contributed by atoms with Gasteiger partial charge in [-0.15, -0.1) is 0 Å². The van der Waals surface area contributed by atoms with Gasteiger partial charge in [0.05, 0.1) is 5.56 Å². The van der Waals surface area contributed by atoms with Gasteiger partial charge in [0.1, 0.15) is 0 Å². The van der Waals surface area contributed by atoms with Gasteiger partial charge in [-0.05, 0) is 18.6 Å². The molecule has 0 spiro atoms. The normalized spacial score (nSPS) is 23.6. The zero-order valence-electron chi connectivity index (χ0n) is 10.5. The van der Waals surface area contributed by atoms with E-state index in [2.05, 4.69) is 24.4 Å². The molecule has 1 aromatic rings. The number of nitrogens with zero attached hydrogens (tertiary/aromatic N) is 1. The second-order valence-electron chi connectivity index (χ2n) is 4.71. The van der Waals surface area contributed by atoms with Gasteiger partial charge >= 0.3 is 0 Å². The van der Waals surface area contributed by atoms with Gasteiger partial charge in [0, 0.05) is 31.7 Å². The van der Waals surface area contributed by atoms with Gasteiger partial charge in [-0.1, -0.05) is 12.2 Å². The lowest BCUT2D eigenvalue weighted by molar-refractivity contribution is -0.0438. The minimum Gasteiger partial charge on any atom is -0.364 e. The Bertz CT molecular complexity index is 519. The maximum absolute atomic E-state index is 11.7. The first-order valence-electron chi connectivity index (χ1n) is 5.97. The van der Waals surface area contributed by atoms with Crippen LogP contribution in [0.3, 0.4) is 0 Å². The average Bonchev–Trinajstić information content (AvgIpc) is 2.33. The number of pyridine rings is 1. The van der Waals surface area contributed by atoms with E-state index in [0.717, 1.165) is 12.1 Å². The zero-order chi connectivity index (χ0) is 13.3. The highest BCUT2D eigenvalue weighted by Crippen LogP contribution is 2.20. The van der Waals surface area contributed by atoms with Crippen LogP contribution in [-0.2, 0) is 7.05 Å². The van der Waals surface area contributed by atoms with Crippen molar-refractivity contribution < 1.29 is 10.2 Å². The van der Waals surface area contributed by atoms with E-state index < -0.39 is 6.29 Å². The first kappa shape index (κ1) is 13.0. The van der Waals surface area contributed by atoms with Crippen LogP contribution in [0.25, 0.3) is 0 Å². The number of aromatic nitrogens is 1. The van der Waals surface area contributed by atoms with Crippen molar-refractivity contribution in [3.63, 3.8) is 0 Å². The van der Waals surface area contributed by atoms with Gasteiger partial charge in [0.25, 0.3) is 5.56 Å². The van der Waals surface area contributed by atoms with Crippen molar-refractivity contribution in [3.05, 3.63) is 45.9 Å². The first-order chi connectivity index (χ1) is 8.49. The van der Waals surface area contributed by atoms with Crippen LogP contribution in [0.15, 0.2) is 29.2 Å². The molecule has 0 radical (unpaired) electrons. The molecule has 0 aliphatic carbocycles. The maximum Gasteiger partial charge on any atom is 0.258 e. The smallest absolute Gasteiger partial charge is 0.258 e. The van der Waals surface area contributed by atoms with Crippen LogP contribution in [0.2, 0.25) is 0 Å². The largest absolute Gasteiger partial charge is 0.364 e. The quantitative estimate of drug-likeness (QED) is 0.510. The third-order valence-corrected chi connectivity index (χ3v) is 3.23. The molecule has 1 aromatic heterocycles. The summed E-state index contributed by atoms with van der Waals surface area (Å²) in [6.45, 7) is 2.84. The number of hydrogen-bond donors (Lipinski definition) is 3. The van der Waals surface area contributed by atoms with E-state index in [1.807, 2.05) is 0 Å². The minimum atomic E-state index is -1.73. The summed E-state index contributed by atoms with van der Waals surface area (Å²) in [7, 11) is 1.61. The third kappa shape index (κ3) is 2.53. The molecule has 98 valence electrons. The molecule has 0 saturated carbocycles. The summed E-state index contributed by atoms with van der Waals surface area (Å²) >= 11 is 0. The lowest BCUT2D eigenvalue weighted by Gasteiger charge is -2.23. The van der Waals surface area contributed by atoms with E-state index in [1.54, 1.807) is 19.3 Å². The molecule has 5 nitrogen and oxygen atoms in total. The number of aliphatic hydroxyl groups excluding tert-OH is 1. The standard InChI is InChI=1S/C13H18N2O3/c1-8-3-4-9(6-14-8)10-5-11(13(17)18)12(16)15(2)7-10/h3-5,7-9,13-14,17-18H,6H2,1-2H3.